The lowest BCUT2D eigenvalue weighted by Gasteiger charge is -2.35. The molecule has 1 aliphatic heterocycles. The van der Waals surface area contributed by atoms with Gasteiger partial charge >= 0.3 is 0 Å². The maximum Gasteiger partial charge on any atom is 0.257 e. The van der Waals surface area contributed by atoms with Crippen molar-refractivity contribution >= 4 is 28.3 Å². The zero-order valence-electron chi connectivity index (χ0n) is 19.6. The van der Waals surface area contributed by atoms with Crippen LogP contribution in [0.25, 0.3) is 0 Å². The minimum atomic E-state index is -0.185. The second-order valence-corrected chi connectivity index (χ2v) is 10.6. The smallest absolute Gasteiger partial charge is 0.257 e. The van der Waals surface area contributed by atoms with Crippen LogP contribution in [0.4, 0.5) is 5.13 Å². The molecule has 34 heavy (non-hydrogen) atoms. The summed E-state index contributed by atoms with van der Waals surface area (Å²) in [7, 11) is 0. The minimum absolute atomic E-state index is 0.158. The maximum atomic E-state index is 13.5. The number of likely N-dealkylation sites (tertiary alicyclic amines) is 1. The van der Waals surface area contributed by atoms with Gasteiger partial charge in [-0.25, -0.2) is 4.98 Å². The first-order chi connectivity index (χ1) is 16.6. The molecule has 0 spiro atoms. The molecular formula is C28H31N3O2S. The van der Waals surface area contributed by atoms with Gasteiger partial charge in [-0.15, -0.1) is 11.3 Å². The Bertz CT molecular complexity index is 1150. The minimum Gasteiger partial charge on any atom is -0.342 e. The summed E-state index contributed by atoms with van der Waals surface area (Å²) in [5, 5.41) is 3.54. The van der Waals surface area contributed by atoms with E-state index in [-0.39, 0.29) is 17.7 Å². The molecule has 0 radical (unpaired) electrons. The van der Waals surface area contributed by atoms with Crippen molar-refractivity contribution in [2.24, 2.45) is 5.92 Å². The summed E-state index contributed by atoms with van der Waals surface area (Å²) in [6, 6.07) is 18.1. The molecule has 3 aromatic rings. The molecule has 1 aromatic heterocycles. The molecule has 0 bridgehead atoms. The lowest BCUT2D eigenvalue weighted by Crippen LogP contribution is -2.42. The summed E-state index contributed by atoms with van der Waals surface area (Å²) >= 11 is 1.52. The monoisotopic (exact) mass is 473 g/mol. The molecule has 2 heterocycles. The summed E-state index contributed by atoms with van der Waals surface area (Å²) in [4.78, 5) is 34.0. The number of aryl methyl sites for hydroxylation is 2. The van der Waals surface area contributed by atoms with E-state index in [1.54, 1.807) is 0 Å². The van der Waals surface area contributed by atoms with Gasteiger partial charge < -0.3 is 4.90 Å². The first-order valence-corrected chi connectivity index (χ1v) is 13.1. The quantitative estimate of drug-likeness (QED) is 0.524. The molecule has 2 aliphatic rings. The van der Waals surface area contributed by atoms with Crippen LogP contribution in [0, 0.1) is 12.8 Å². The molecule has 6 heteroatoms. The van der Waals surface area contributed by atoms with E-state index in [1.807, 2.05) is 36.1 Å². The second kappa shape index (κ2) is 10.1. The standard InChI is InChI=1S/C28H31N3O2S/c1-19-10-12-22(13-11-19)26(32)30-28-29-25-23(8-5-9-24(25)34-28)27(33)31-16-14-21(15-17-31)18-20-6-3-2-4-7-20/h2-4,6-7,10-13,21,23H,5,8-9,14-18H2,1H3,(H,29,30,32). The second-order valence-electron chi connectivity index (χ2n) is 9.55. The van der Waals surface area contributed by atoms with Crippen molar-refractivity contribution in [2.45, 2.75) is 51.4 Å². The van der Waals surface area contributed by atoms with Gasteiger partial charge in [0.2, 0.25) is 5.91 Å². The topological polar surface area (TPSA) is 62.3 Å². The van der Waals surface area contributed by atoms with Crippen LogP contribution >= 0.6 is 11.3 Å². The van der Waals surface area contributed by atoms with Crippen LogP contribution < -0.4 is 5.32 Å². The van der Waals surface area contributed by atoms with E-state index in [1.165, 1.54) is 16.9 Å². The highest BCUT2D eigenvalue weighted by Gasteiger charge is 2.34. The number of benzene rings is 2. The predicted molar refractivity (Wildman–Crippen MR) is 136 cm³/mol. The van der Waals surface area contributed by atoms with Crippen LogP contribution in [0.1, 0.15) is 63.7 Å². The van der Waals surface area contributed by atoms with Gasteiger partial charge in [0.25, 0.3) is 5.91 Å². The number of carbonyl (C=O) groups is 2. The highest BCUT2D eigenvalue weighted by atomic mass is 32.1. The number of piperidine rings is 1. The number of rotatable bonds is 5. The van der Waals surface area contributed by atoms with Gasteiger partial charge in [-0.05, 0) is 69.1 Å². The molecule has 5 nitrogen and oxygen atoms in total. The molecule has 1 aliphatic carbocycles. The van der Waals surface area contributed by atoms with Crippen LogP contribution in [0.2, 0.25) is 0 Å². The van der Waals surface area contributed by atoms with E-state index in [2.05, 4.69) is 35.6 Å². The van der Waals surface area contributed by atoms with Crippen molar-refractivity contribution in [1.82, 2.24) is 9.88 Å². The van der Waals surface area contributed by atoms with Crippen molar-refractivity contribution in [2.75, 3.05) is 18.4 Å². The Balaban J connectivity index is 1.22. The number of anilines is 1. The Labute approximate surface area is 205 Å². The normalized spacial score (nSPS) is 18.4. The van der Waals surface area contributed by atoms with Gasteiger partial charge in [-0.1, -0.05) is 48.0 Å². The molecule has 5 rings (SSSR count). The number of fused-ring (bicyclic) bond motifs is 1. The third-order valence-corrected chi connectivity index (χ3v) is 8.13. The van der Waals surface area contributed by atoms with Gasteiger partial charge in [0.15, 0.2) is 5.13 Å². The fourth-order valence-corrected chi connectivity index (χ4v) is 6.17. The van der Waals surface area contributed by atoms with Crippen molar-refractivity contribution in [3.05, 3.63) is 81.9 Å². The number of aromatic nitrogens is 1. The summed E-state index contributed by atoms with van der Waals surface area (Å²) in [6.07, 6.45) is 5.94. The summed E-state index contributed by atoms with van der Waals surface area (Å²) in [6.45, 7) is 3.64. The van der Waals surface area contributed by atoms with Crippen molar-refractivity contribution in [3.63, 3.8) is 0 Å². The van der Waals surface area contributed by atoms with Crippen molar-refractivity contribution in [3.8, 4) is 0 Å². The van der Waals surface area contributed by atoms with E-state index in [4.69, 9.17) is 4.98 Å². The number of amides is 2. The third-order valence-electron chi connectivity index (χ3n) is 7.08. The van der Waals surface area contributed by atoms with Gasteiger partial charge in [-0.3, -0.25) is 14.9 Å². The third kappa shape index (κ3) is 5.07. The van der Waals surface area contributed by atoms with E-state index < -0.39 is 0 Å². The average molecular weight is 474 g/mol. The Hall–Kier alpha value is -2.99. The molecular weight excluding hydrogens is 442 g/mol. The lowest BCUT2D eigenvalue weighted by atomic mass is 9.87. The summed E-state index contributed by atoms with van der Waals surface area (Å²) in [5.41, 5.74) is 4.00. The maximum absolute atomic E-state index is 13.5. The Morgan fingerprint density at radius 2 is 1.76 bits per heavy atom. The van der Waals surface area contributed by atoms with E-state index in [9.17, 15) is 9.59 Å². The van der Waals surface area contributed by atoms with Gasteiger partial charge in [-0.2, -0.15) is 0 Å². The number of hydrogen-bond donors (Lipinski definition) is 1. The Morgan fingerprint density at radius 1 is 1.03 bits per heavy atom. The predicted octanol–water partition coefficient (Wildman–Crippen LogP) is 5.61. The molecule has 2 aromatic carbocycles. The highest BCUT2D eigenvalue weighted by molar-refractivity contribution is 7.16. The Kier molecular flexibility index (Phi) is 6.77. The number of nitrogens with zero attached hydrogens (tertiary/aromatic N) is 2. The van der Waals surface area contributed by atoms with Gasteiger partial charge in [0.05, 0.1) is 11.6 Å². The van der Waals surface area contributed by atoms with Crippen molar-refractivity contribution in [1.29, 1.82) is 0 Å². The average Bonchev–Trinajstić information content (AvgIpc) is 3.27. The van der Waals surface area contributed by atoms with E-state index in [0.717, 1.165) is 67.7 Å². The first-order valence-electron chi connectivity index (χ1n) is 12.3. The number of thiazole rings is 1. The van der Waals surface area contributed by atoms with E-state index in [0.29, 0.717) is 16.6 Å². The lowest BCUT2D eigenvalue weighted by molar-refractivity contribution is -0.134. The number of hydrogen-bond acceptors (Lipinski definition) is 4. The van der Waals surface area contributed by atoms with Crippen LogP contribution in [-0.4, -0.2) is 34.8 Å². The molecule has 176 valence electrons. The number of nitrogens with one attached hydrogen (secondary N) is 1. The molecule has 1 saturated heterocycles. The SMILES string of the molecule is Cc1ccc(C(=O)Nc2nc3c(s2)CCCC3C(=O)N2CCC(Cc3ccccc3)CC2)cc1. The van der Waals surface area contributed by atoms with Crippen LogP contribution in [0.5, 0.6) is 0 Å². The molecule has 1 N–H and O–H groups in total. The first kappa shape index (κ1) is 22.8. The Morgan fingerprint density at radius 3 is 2.50 bits per heavy atom. The molecule has 2 amide bonds. The fourth-order valence-electron chi connectivity index (χ4n) is 5.11. The molecule has 1 atom stereocenters. The molecule has 0 saturated carbocycles. The van der Waals surface area contributed by atoms with Crippen LogP contribution in [0.15, 0.2) is 54.6 Å². The highest BCUT2D eigenvalue weighted by Crippen LogP contribution is 2.38. The fraction of sp³-hybridized carbons (Fsp3) is 0.393. The van der Waals surface area contributed by atoms with Crippen molar-refractivity contribution < 1.29 is 9.59 Å². The molecule has 1 unspecified atom stereocenters. The van der Waals surface area contributed by atoms with Crippen LogP contribution in [0.3, 0.4) is 0 Å². The number of carbonyl (C=O) groups excluding carboxylic acids is 2. The largest absolute Gasteiger partial charge is 0.342 e. The zero-order valence-corrected chi connectivity index (χ0v) is 20.4. The van der Waals surface area contributed by atoms with Gasteiger partial charge in [0.1, 0.15) is 0 Å². The van der Waals surface area contributed by atoms with Gasteiger partial charge in [0, 0.05) is 23.5 Å². The van der Waals surface area contributed by atoms with Crippen LogP contribution in [-0.2, 0) is 17.6 Å². The zero-order chi connectivity index (χ0) is 23.5. The summed E-state index contributed by atoms with van der Waals surface area (Å²) < 4.78 is 0. The van der Waals surface area contributed by atoms with E-state index >= 15 is 0 Å². The summed E-state index contributed by atoms with van der Waals surface area (Å²) in [5.74, 6) is 0.502. The molecule has 1 fully saturated rings.